The van der Waals surface area contributed by atoms with Crippen molar-refractivity contribution in [1.29, 1.82) is 0 Å². The van der Waals surface area contributed by atoms with Crippen LogP contribution in [-0.2, 0) is 9.84 Å². The first-order valence-electron chi connectivity index (χ1n) is 5.61. The Morgan fingerprint density at radius 2 is 1.71 bits per heavy atom. The molecular weight excluding hydrogens is 236 g/mol. The Morgan fingerprint density at radius 1 is 1.18 bits per heavy atom. The fourth-order valence-electron chi connectivity index (χ4n) is 2.86. The first-order chi connectivity index (χ1) is 7.97. The average molecular weight is 254 g/mol. The number of benzene rings is 1. The molecule has 0 amide bonds. The maximum atomic E-state index is 11.8. The second-order valence-corrected chi connectivity index (χ2v) is 6.95. The second kappa shape index (κ2) is 4.08. The summed E-state index contributed by atoms with van der Waals surface area (Å²) in [5.41, 5.74) is 12.0. The molecule has 1 aliphatic carbocycles. The van der Waals surface area contributed by atoms with E-state index < -0.39 is 20.5 Å². The van der Waals surface area contributed by atoms with Gasteiger partial charge in [-0.3, -0.25) is 0 Å². The van der Waals surface area contributed by atoms with E-state index in [9.17, 15) is 8.42 Å². The predicted molar refractivity (Wildman–Crippen MR) is 68.4 cm³/mol. The summed E-state index contributed by atoms with van der Waals surface area (Å²) < 4.78 is 23.6. The van der Waals surface area contributed by atoms with Crippen molar-refractivity contribution >= 4 is 9.84 Å². The zero-order valence-electron chi connectivity index (χ0n) is 9.84. The van der Waals surface area contributed by atoms with Crippen LogP contribution >= 0.6 is 0 Å². The Balaban J connectivity index is 2.42. The Morgan fingerprint density at radius 3 is 2.06 bits per heavy atom. The van der Waals surface area contributed by atoms with Gasteiger partial charge in [-0.25, -0.2) is 8.42 Å². The van der Waals surface area contributed by atoms with E-state index in [1.807, 2.05) is 30.3 Å². The van der Waals surface area contributed by atoms with Crippen molar-refractivity contribution in [2.75, 3.05) is 19.3 Å². The smallest absolute Gasteiger partial charge is 0.151 e. The highest BCUT2D eigenvalue weighted by Crippen LogP contribution is 2.61. The SMILES string of the molecule is CS(=O)(=O)[C@H]1[C@H](c2ccccc2)C1(CN)CN. The lowest BCUT2D eigenvalue weighted by Gasteiger charge is -2.11. The summed E-state index contributed by atoms with van der Waals surface area (Å²) in [6.45, 7) is 0.613. The van der Waals surface area contributed by atoms with Gasteiger partial charge in [-0.2, -0.15) is 0 Å². The van der Waals surface area contributed by atoms with Crippen LogP contribution in [0.2, 0.25) is 0 Å². The number of nitrogens with two attached hydrogens (primary N) is 2. The summed E-state index contributed by atoms with van der Waals surface area (Å²) >= 11 is 0. The average Bonchev–Trinajstić information content (AvgIpc) is 3.00. The van der Waals surface area contributed by atoms with Gasteiger partial charge in [0.1, 0.15) is 0 Å². The van der Waals surface area contributed by atoms with E-state index in [1.165, 1.54) is 6.26 Å². The van der Waals surface area contributed by atoms with Gasteiger partial charge in [-0.05, 0) is 5.56 Å². The van der Waals surface area contributed by atoms with Gasteiger partial charge in [-0.15, -0.1) is 0 Å². The molecule has 0 spiro atoms. The Labute approximate surface area is 102 Å². The number of hydrogen-bond donors (Lipinski definition) is 2. The quantitative estimate of drug-likeness (QED) is 0.798. The standard InChI is InChI=1S/C12H18N2O2S/c1-17(15,16)11-10(12(11,7-13)8-14)9-5-3-2-4-6-9/h2-6,10-11H,7-8,13-14H2,1H3/t10-,11-/m0/s1. The van der Waals surface area contributed by atoms with E-state index in [-0.39, 0.29) is 5.92 Å². The maximum Gasteiger partial charge on any atom is 0.151 e. The molecule has 1 aromatic rings. The van der Waals surface area contributed by atoms with Crippen molar-refractivity contribution in [3.05, 3.63) is 35.9 Å². The second-order valence-electron chi connectivity index (χ2n) is 4.78. The van der Waals surface area contributed by atoms with Gasteiger partial charge in [0.2, 0.25) is 0 Å². The van der Waals surface area contributed by atoms with Gasteiger partial charge in [0.25, 0.3) is 0 Å². The fourth-order valence-corrected chi connectivity index (χ4v) is 4.90. The summed E-state index contributed by atoms with van der Waals surface area (Å²) in [5.74, 6) is -0.0614. The molecule has 2 atom stereocenters. The summed E-state index contributed by atoms with van der Waals surface area (Å²) in [4.78, 5) is 0. The summed E-state index contributed by atoms with van der Waals surface area (Å²) in [5, 5.41) is -0.438. The van der Waals surface area contributed by atoms with Crippen LogP contribution in [-0.4, -0.2) is 33.0 Å². The van der Waals surface area contributed by atoms with Gasteiger partial charge < -0.3 is 11.5 Å². The van der Waals surface area contributed by atoms with Crippen LogP contribution in [0, 0.1) is 5.41 Å². The van der Waals surface area contributed by atoms with Crippen LogP contribution in [0.1, 0.15) is 11.5 Å². The van der Waals surface area contributed by atoms with E-state index in [1.54, 1.807) is 0 Å². The summed E-state index contributed by atoms with van der Waals surface area (Å²) in [7, 11) is -3.12. The first-order valence-corrected chi connectivity index (χ1v) is 7.57. The third-order valence-electron chi connectivity index (χ3n) is 3.76. The molecule has 1 saturated carbocycles. The molecular formula is C12H18N2O2S. The number of hydrogen-bond acceptors (Lipinski definition) is 4. The van der Waals surface area contributed by atoms with E-state index in [2.05, 4.69) is 0 Å². The van der Waals surface area contributed by atoms with Crippen LogP contribution in [0.3, 0.4) is 0 Å². The minimum atomic E-state index is -3.12. The third-order valence-corrected chi connectivity index (χ3v) is 5.42. The minimum Gasteiger partial charge on any atom is -0.330 e. The molecule has 17 heavy (non-hydrogen) atoms. The van der Waals surface area contributed by atoms with Gasteiger partial charge in [0.05, 0.1) is 5.25 Å². The van der Waals surface area contributed by atoms with E-state index >= 15 is 0 Å². The molecule has 0 heterocycles. The normalized spacial score (nSPS) is 26.8. The molecule has 0 unspecified atom stereocenters. The van der Waals surface area contributed by atoms with Crippen molar-refractivity contribution < 1.29 is 8.42 Å². The zero-order chi connectivity index (χ0) is 12.7. The van der Waals surface area contributed by atoms with Gasteiger partial charge in [-0.1, -0.05) is 30.3 Å². The molecule has 0 aromatic heterocycles. The maximum absolute atomic E-state index is 11.8. The van der Waals surface area contributed by atoms with E-state index in [0.29, 0.717) is 13.1 Å². The highest BCUT2D eigenvalue weighted by atomic mass is 32.2. The molecule has 1 aromatic carbocycles. The molecule has 4 N–H and O–H groups in total. The molecule has 0 aliphatic heterocycles. The van der Waals surface area contributed by atoms with Crippen LogP contribution < -0.4 is 11.5 Å². The lowest BCUT2D eigenvalue weighted by atomic mass is 9.99. The summed E-state index contributed by atoms with van der Waals surface area (Å²) in [6.07, 6.45) is 1.26. The van der Waals surface area contributed by atoms with Crippen molar-refractivity contribution in [3.63, 3.8) is 0 Å². The monoisotopic (exact) mass is 254 g/mol. The number of rotatable bonds is 4. The molecule has 1 aliphatic rings. The first kappa shape index (κ1) is 12.5. The zero-order valence-corrected chi connectivity index (χ0v) is 10.7. The molecule has 5 heteroatoms. The predicted octanol–water partition coefficient (Wildman–Crippen LogP) is 0.101. The van der Waals surface area contributed by atoms with Crippen molar-refractivity contribution in [2.45, 2.75) is 11.2 Å². The van der Waals surface area contributed by atoms with Crippen LogP contribution in [0.5, 0.6) is 0 Å². The molecule has 2 rings (SSSR count). The van der Waals surface area contributed by atoms with Gasteiger partial charge >= 0.3 is 0 Å². The van der Waals surface area contributed by atoms with E-state index in [4.69, 9.17) is 11.5 Å². The largest absolute Gasteiger partial charge is 0.330 e. The van der Waals surface area contributed by atoms with E-state index in [0.717, 1.165) is 5.56 Å². The lowest BCUT2D eigenvalue weighted by molar-refractivity contribution is 0.511. The van der Waals surface area contributed by atoms with Crippen molar-refractivity contribution in [1.82, 2.24) is 0 Å². The Kier molecular flexibility index (Phi) is 3.01. The van der Waals surface area contributed by atoms with Crippen molar-refractivity contribution in [2.24, 2.45) is 16.9 Å². The Bertz CT molecular complexity index is 494. The van der Waals surface area contributed by atoms with Gasteiger partial charge in [0.15, 0.2) is 9.84 Å². The van der Waals surface area contributed by atoms with Crippen LogP contribution in [0.15, 0.2) is 30.3 Å². The van der Waals surface area contributed by atoms with Gasteiger partial charge in [0, 0.05) is 30.7 Å². The minimum absolute atomic E-state index is 0.0614. The lowest BCUT2D eigenvalue weighted by Crippen LogP contribution is -2.31. The number of sulfone groups is 1. The van der Waals surface area contributed by atoms with Crippen molar-refractivity contribution in [3.8, 4) is 0 Å². The molecule has 94 valence electrons. The molecule has 0 saturated heterocycles. The highest BCUT2D eigenvalue weighted by Gasteiger charge is 2.68. The fraction of sp³-hybridized carbons (Fsp3) is 0.500. The molecule has 0 radical (unpaired) electrons. The topological polar surface area (TPSA) is 86.2 Å². The third kappa shape index (κ3) is 1.88. The van der Waals surface area contributed by atoms with Crippen LogP contribution in [0.25, 0.3) is 0 Å². The molecule has 0 bridgehead atoms. The molecule has 1 fully saturated rings. The Hall–Kier alpha value is -0.910. The highest BCUT2D eigenvalue weighted by molar-refractivity contribution is 7.91. The molecule has 4 nitrogen and oxygen atoms in total. The van der Waals surface area contributed by atoms with Crippen LogP contribution in [0.4, 0.5) is 0 Å². The summed E-state index contributed by atoms with van der Waals surface area (Å²) in [6, 6.07) is 9.61.